The van der Waals surface area contributed by atoms with Gasteiger partial charge in [-0.05, 0) is 24.3 Å². The fraction of sp³-hybridized carbons (Fsp3) is 0.348. The Morgan fingerprint density at radius 1 is 1.10 bits per heavy atom. The number of hydrogen-bond donors (Lipinski definition) is 0. The minimum absolute atomic E-state index is 0.340. The number of imidazole rings is 1. The van der Waals surface area contributed by atoms with Crippen molar-refractivity contribution in [2.75, 3.05) is 27.4 Å². The maximum absolute atomic E-state index is 6.73. The molecule has 0 saturated carbocycles. The standard InChI is InChI=1S/C23H23ClN2O5/c1-27-18-5-3-4-15(22(18)28-2)21-16-12-14(24)6-7-17(16)26-9-8-25-23(26)19(31-21)13-20-29-10-11-30-20/h3-9,12,19-21H,10-11,13H2,1-2H3. The number of fused-ring (bicyclic) bond motifs is 3. The Kier molecular flexibility index (Phi) is 5.58. The number of hydrogen-bond acceptors (Lipinski definition) is 6. The molecule has 0 aliphatic carbocycles. The van der Waals surface area contributed by atoms with Gasteiger partial charge in [-0.15, -0.1) is 0 Å². The van der Waals surface area contributed by atoms with Crippen LogP contribution in [0.2, 0.25) is 5.02 Å². The Bertz CT molecular complexity index is 1080. The lowest BCUT2D eigenvalue weighted by Crippen LogP contribution is -2.19. The number of rotatable bonds is 5. The van der Waals surface area contributed by atoms with Crippen LogP contribution in [-0.2, 0) is 14.2 Å². The van der Waals surface area contributed by atoms with Crippen molar-refractivity contribution in [1.29, 1.82) is 0 Å². The number of methoxy groups -OCH3 is 2. The lowest BCUT2D eigenvalue weighted by atomic mass is 9.98. The van der Waals surface area contributed by atoms with E-state index in [4.69, 9.17) is 35.3 Å². The zero-order chi connectivity index (χ0) is 21.4. The van der Waals surface area contributed by atoms with Gasteiger partial charge in [-0.25, -0.2) is 4.98 Å². The van der Waals surface area contributed by atoms with Crippen molar-refractivity contribution in [3.63, 3.8) is 0 Å². The summed E-state index contributed by atoms with van der Waals surface area (Å²) in [6, 6.07) is 11.5. The molecule has 3 aromatic rings. The second kappa shape index (κ2) is 8.51. The molecule has 2 aliphatic heterocycles. The maximum atomic E-state index is 6.73. The second-order valence-corrected chi connectivity index (χ2v) is 7.79. The van der Waals surface area contributed by atoms with Crippen molar-refractivity contribution >= 4 is 11.6 Å². The average Bonchev–Trinajstić information content (AvgIpc) is 3.46. The third kappa shape index (κ3) is 3.68. The van der Waals surface area contributed by atoms with Crippen LogP contribution < -0.4 is 9.47 Å². The molecule has 2 atom stereocenters. The molecule has 5 rings (SSSR count). The SMILES string of the molecule is COc1cccc(C2OC(CC3OCCO3)c3nccn3-c3ccc(Cl)cc32)c1OC. The van der Waals surface area contributed by atoms with Gasteiger partial charge in [0.15, 0.2) is 17.8 Å². The molecule has 1 saturated heterocycles. The highest BCUT2D eigenvalue weighted by Gasteiger charge is 2.35. The highest BCUT2D eigenvalue weighted by Crippen LogP contribution is 2.46. The summed E-state index contributed by atoms with van der Waals surface area (Å²) in [6.45, 7) is 1.16. The van der Waals surface area contributed by atoms with Crippen molar-refractivity contribution in [3.8, 4) is 17.2 Å². The van der Waals surface area contributed by atoms with Gasteiger partial charge < -0.3 is 28.3 Å². The Morgan fingerprint density at radius 3 is 2.71 bits per heavy atom. The van der Waals surface area contributed by atoms with E-state index in [1.807, 2.05) is 47.2 Å². The van der Waals surface area contributed by atoms with Crippen molar-refractivity contribution in [1.82, 2.24) is 9.55 Å². The van der Waals surface area contributed by atoms with E-state index >= 15 is 0 Å². The Labute approximate surface area is 185 Å². The molecule has 2 aromatic carbocycles. The smallest absolute Gasteiger partial charge is 0.166 e. The number of para-hydroxylation sites is 1. The minimum Gasteiger partial charge on any atom is -0.493 e. The molecule has 0 bridgehead atoms. The third-order valence-electron chi connectivity index (χ3n) is 5.60. The predicted octanol–water partition coefficient (Wildman–Crippen LogP) is 4.47. The number of ether oxygens (including phenoxy) is 5. The van der Waals surface area contributed by atoms with E-state index in [1.54, 1.807) is 20.4 Å². The molecule has 1 aromatic heterocycles. The maximum Gasteiger partial charge on any atom is 0.166 e. The highest BCUT2D eigenvalue weighted by atomic mass is 35.5. The first kappa shape index (κ1) is 20.3. The molecule has 0 amide bonds. The van der Waals surface area contributed by atoms with Crippen LogP contribution in [0.15, 0.2) is 48.8 Å². The molecule has 31 heavy (non-hydrogen) atoms. The fourth-order valence-electron chi connectivity index (χ4n) is 4.25. The summed E-state index contributed by atoms with van der Waals surface area (Å²) in [5, 5.41) is 0.622. The molecule has 3 heterocycles. The van der Waals surface area contributed by atoms with E-state index in [0.717, 1.165) is 22.6 Å². The molecule has 1 fully saturated rings. The summed E-state index contributed by atoms with van der Waals surface area (Å²) in [5.74, 6) is 2.03. The van der Waals surface area contributed by atoms with E-state index in [1.165, 1.54) is 0 Å². The summed E-state index contributed by atoms with van der Waals surface area (Å²) in [4.78, 5) is 4.60. The normalized spacial score (nSPS) is 20.7. The van der Waals surface area contributed by atoms with E-state index < -0.39 is 6.10 Å². The van der Waals surface area contributed by atoms with E-state index in [9.17, 15) is 0 Å². The van der Waals surface area contributed by atoms with Gasteiger partial charge in [0.25, 0.3) is 0 Å². The summed E-state index contributed by atoms with van der Waals surface area (Å²) >= 11 is 6.41. The van der Waals surface area contributed by atoms with Crippen LogP contribution in [0.3, 0.4) is 0 Å². The minimum atomic E-state index is -0.466. The van der Waals surface area contributed by atoms with Crippen molar-refractivity contribution in [2.24, 2.45) is 0 Å². The first-order valence-corrected chi connectivity index (χ1v) is 10.5. The Hall–Kier alpha value is -2.58. The summed E-state index contributed by atoms with van der Waals surface area (Å²) in [5.41, 5.74) is 2.70. The van der Waals surface area contributed by atoms with Crippen LogP contribution in [0, 0.1) is 0 Å². The van der Waals surface area contributed by atoms with Gasteiger partial charge in [0.1, 0.15) is 18.0 Å². The van der Waals surface area contributed by atoms with E-state index in [-0.39, 0.29) is 12.4 Å². The number of aromatic nitrogens is 2. The van der Waals surface area contributed by atoms with Crippen LogP contribution in [0.1, 0.15) is 35.6 Å². The van der Waals surface area contributed by atoms with Gasteiger partial charge in [-0.2, -0.15) is 0 Å². The van der Waals surface area contributed by atoms with Gasteiger partial charge >= 0.3 is 0 Å². The predicted molar refractivity (Wildman–Crippen MR) is 114 cm³/mol. The first-order valence-electron chi connectivity index (χ1n) is 10.1. The molecule has 0 radical (unpaired) electrons. The molecule has 2 unspecified atom stereocenters. The number of nitrogens with zero attached hydrogens (tertiary/aromatic N) is 2. The molecule has 8 heteroatoms. The van der Waals surface area contributed by atoms with Crippen LogP contribution in [0.25, 0.3) is 5.69 Å². The summed E-state index contributed by atoms with van der Waals surface area (Å²) < 4.78 is 31.4. The zero-order valence-electron chi connectivity index (χ0n) is 17.3. The van der Waals surface area contributed by atoms with Crippen LogP contribution >= 0.6 is 11.6 Å². The van der Waals surface area contributed by atoms with E-state index in [0.29, 0.717) is 36.2 Å². The molecule has 2 aliphatic rings. The number of halogens is 1. The van der Waals surface area contributed by atoms with Gasteiger partial charge in [-0.3, -0.25) is 0 Å². The van der Waals surface area contributed by atoms with Crippen molar-refractivity contribution in [2.45, 2.75) is 24.9 Å². The van der Waals surface area contributed by atoms with E-state index in [2.05, 4.69) is 4.98 Å². The van der Waals surface area contributed by atoms with Gasteiger partial charge in [0, 0.05) is 35.0 Å². The van der Waals surface area contributed by atoms with Crippen LogP contribution in [-0.4, -0.2) is 43.3 Å². The highest BCUT2D eigenvalue weighted by molar-refractivity contribution is 6.30. The first-order chi connectivity index (χ1) is 15.2. The molecular formula is C23H23ClN2O5. The van der Waals surface area contributed by atoms with Gasteiger partial charge in [0.05, 0.1) is 33.1 Å². The quantitative estimate of drug-likeness (QED) is 0.581. The second-order valence-electron chi connectivity index (χ2n) is 7.35. The summed E-state index contributed by atoms with van der Waals surface area (Å²) in [7, 11) is 3.24. The van der Waals surface area contributed by atoms with Crippen LogP contribution in [0.4, 0.5) is 0 Å². The Morgan fingerprint density at radius 2 is 1.94 bits per heavy atom. The molecular weight excluding hydrogens is 420 g/mol. The Balaban J connectivity index is 1.67. The largest absolute Gasteiger partial charge is 0.493 e. The zero-order valence-corrected chi connectivity index (χ0v) is 18.0. The lowest BCUT2D eigenvalue weighted by molar-refractivity contribution is -0.0969. The molecule has 7 nitrogen and oxygen atoms in total. The third-order valence-corrected chi connectivity index (χ3v) is 5.84. The van der Waals surface area contributed by atoms with Crippen molar-refractivity contribution < 1.29 is 23.7 Å². The summed E-state index contributed by atoms with van der Waals surface area (Å²) in [6.07, 6.45) is 3.04. The lowest BCUT2D eigenvalue weighted by Gasteiger charge is -2.26. The number of benzene rings is 2. The monoisotopic (exact) mass is 442 g/mol. The van der Waals surface area contributed by atoms with Crippen molar-refractivity contribution in [3.05, 3.63) is 70.8 Å². The van der Waals surface area contributed by atoms with Gasteiger partial charge in [-0.1, -0.05) is 23.7 Å². The topological polar surface area (TPSA) is 64.0 Å². The molecule has 0 N–H and O–H groups in total. The molecule has 162 valence electrons. The fourth-order valence-corrected chi connectivity index (χ4v) is 4.43. The van der Waals surface area contributed by atoms with Gasteiger partial charge in [0.2, 0.25) is 0 Å². The average molecular weight is 443 g/mol. The van der Waals surface area contributed by atoms with Crippen LogP contribution in [0.5, 0.6) is 11.5 Å². The molecule has 0 spiro atoms.